The summed E-state index contributed by atoms with van der Waals surface area (Å²) in [5.41, 5.74) is 1.66. The van der Waals surface area contributed by atoms with Gasteiger partial charge >= 0.3 is 12.1 Å². The van der Waals surface area contributed by atoms with Gasteiger partial charge in [0, 0.05) is 42.4 Å². The van der Waals surface area contributed by atoms with Gasteiger partial charge in [0.1, 0.15) is 0 Å². The number of aliphatic carboxylic acids is 1. The Hall–Kier alpha value is -3.29. The van der Waals surface area contributed by atoms with Gasteiger partial charge in [-0.15, -0.1) is 0 Å². The summed E-state index contributed by atoms with van der Waals surface area (Å²) in [6, 6.07) is 5.66. The molecule has 4 rings (SSSR count). The zero-order chi connectivity index (χ0) is 26.9. The quantitative estimate of drug-likeness (QED) is 0.613. The van der Waals surface area contributed by atoms with Crippen molar-refractivity contribution >= 4 is 27.7 Å². The number of carbonyl (C=O) groups excluding carboxylic acids is 1. The van der Waals surface area contributed by atoms with Crippen molar-refractivity contribution in [2.24, 2.45) is 5.41 Å². The molecule has 2 aliphatic heterocycles. The van der Waals surface area contributed by atoms with Gasteiger partial charge in [-0.3, -0.25) is 9.78 Å². The van der Waals surface area contributed by atoms with Crippen LogP contribution in [0.1, 0.15) is 43.6 Å². The number of alkyl halides is 3. The van der Waals surface area contributed by atoms with Gasteiger partial charge in [0.25, 0.3) is 0 Å². The highest BCUT2D eigenvalue weighted by Crippen LogP contribution is 2.40. The molecule has 0 unspecified atom stereocenters. The summed E-state index contributed by atoms with van der Waals surface area (Å²) in [7, 11) is -3.36. The SMILES string of the molecule is CC(C)(C)C(=O)N1C[C@@H]2c3nc(NCc4ccccn4)ncc3CS(=O)(=O)[C@@H]2C1.O=C(O)C(F)(F)F. The molecule has 36 heavy (non-hydrogen) atoms. The smallest absolute Gasteiger partial charge is 0.475 e. The van der Waals surface area contributed by atoms with E-state index in [1.165, 1.54) is 0 Å². The van der Waals surface area contributed by atoms with E-state index in [4.69, 9.17) is 9.90 Å². The number of aromatic nitrogens is 3. The van der Waals surface area contributed by atoms with Crippen LogP contribution in [0.25, 0.3) is 0 Å². The molecule has 4 heterocycles. The number of fused-ring (bicyclic) bond motifs is 3. The molecule has 1 saturated heterocycles. The first-order chi connectivity index (χ1) is 16.6. The number of hydrogen-bond donors (Lipinski definition) is 2. The van der Waals surface area contributed by atoms with Crippen molar-refractivity contribution in [1.29, 1.82) is 0 Å². The number of likely N-dealkylation sites (tertiary alicyclic amines) is 1. The molecule has 10 nitrogen and oxygen atoms in total. The highest BCUT2D eigenvalue weighted by Gasteiger charge is 2.49. The Morgan fingerprint density at radius 2 is 1.83 bits per heavy atom. The number of rotatable bonds is 3. The fourth-order valence-electron chi connectivity index (χ4n) is 3.97. The average Bonchev–Trinajstić information content (AvgIpc) is 3.24. The Morgan fingerprint density at radius 3 is 2.39 bits per heavy atom. The van der Waals surface area contributed by atoms with Gasteiger partial charge in [-0.25, -0.2) is 23.2 Å². The van der Waals surface area contributed by atoms with Gasteiger partial charge in [0.15, 0.2) is 9.84 Å². The van der Waals surface area contributed by atoms with Crippen molar-refractivity contribution in [3.63, 3.8) is 0 Å². The van der Waals surface area contributed by atoms with Crippen LogP contribution in [0.15, 0.2) is 30.6 Å². The Kier molecular flexibility index (Phi) is 7.58. The van der Waals surface area contributed by atoms with Crippen LogP contribution in [0.2, 0.25) is 0 Å². The fourth-order valence-corrected chi connectivity index (χ4v) is 5.97. The second kappa shape index (κ2) is 9.99. The number of hydrogen-bond acceptors (Lipinski definition) is 8. The van der Waals surface area contributed by atoms with E-state index < -0.39 is 32.6 Å². The van der Waals surface area contributed by atoms with Gasteiger partial charge < -0.3 is 15.3 Å². The van der Waals surface area contributed by atoms with Crippen LogP contribution in [0.4, 0.5) is 19.1 Å². The number of halogens is 3. The van der Waals surface area contributed by atoms with E-state index in [2.05, 4.69) is 20.3 Å². The highest BCUT2D eigenvalue weighted by molar-refractivity contribution is 7.91. The number of anilines is 1. The lowest BCUT2D eigenvalue weighted by atomic mass is 9.95. The summed E-state index contributed by atoms with van der Waals surface area (Å²) in [5, 5.41) is 9.67. The van der Waals surface area contributed by atoms with Crippen LogP contribution in [0.5, 0.6) is 0 Å². The van der Waals surface area contributed by atoms with Crippen LogP contribution >= 0.6 is 0 Å². The summed E-state index contributed by atoms with van der Waals surface area (Å²) < 4.78 is 57.4. The Bertz CT molecular complexity index is 1230. The zero-order valence-electron chi connectivity index (χ0n) is 19.8. The Balaban J connectivity index is 0.000000454. The predicted octanol–water partition coefficient (Wildman–Crippen LogP) is 2.39. The highest BCUT2D eigenvalue weighted by atomic mass is 32.2. The molecule has 2 aromatic heterocycles. The Morgan fingerprint density at radius 1 is 1.17 bits per heavy atom. The maximum Gasteiger partial charge on any atom is 0.490 e. The lowest BCUT2D eigenvalue weighted by Crippen LogP contribution is -2.39. The first-order valence-corrected chi connectivity index (χ1v) is 12.6. The summed E-state index contributed by atoms with van der Waals surface area (Å²) in [6.07, 6.45) is -1.77. The number of carboxylic acid groups (broad SMARTS) is 1. The average molecular weight is 530 g/mol. The molecule has 0 saturated carbocycles. The molecule has 2 aromatic rings. The third kappa shape index (κ3) is 6.28. The summed E-state index contributed by atoms with van der Waals surface area (Å²) in [4.78, 5) is 36.5. The summed E-state index contributed by atoms with van der Waals surface area (Å²) in [5.74, 6) is -2.76. The standard InChI is InChI=1S/C20H25N5O3S.C2HF3O2/c1-20(2,3)18(26)25-10-15-16(11-25)29(27,28)12-13-8-22-19(24-17(13)15)23-9-14-6-4-5-7-21-14;3-2(4,5)1(6)7/h4-8,15-16H,9-12H2,1-3H3,(H,22,23,24);(H,6,7)/t15-,16+;/m0./s1. The van der Waals surface area contributed by atoms with Crippen molar-refractivity contribution < 1.29 is 36.3 Å². The van der Waals surface area contributed by atoms with Gasteiger partial charge in [-0.1, -0.05) is 26.8 Å². The van der Waals surface area contributed by atoms with Crippen molar-refractivity contribution in [1.82, 2.24) is 19.9 Å². The van der Waals surface area contributed by atoms with Gasteiger partial charge in [-0.2, -0.15) is 13.2 Å². The molecular formula is C22H26F3N5O5S. The van der Waals surface area contributed by atoms with E-state index >= 15 is 0 Å². The van der Waals surface area contributed by atoms with Crippen LogP contribution in [-0.2, 0) is 31.7 Å². The van der Waals surface area contributed by atoms with E-state index in [9.17, 15) is 26.4 Å². The van der Waals surface area contributed by atoms with E-state index in [1.807, 2.05) is 39.0 Å². The molecule has 0 spiro atoms. The minimum absolute atomic E-state index is 0.0359. The number of carboxylic acids is 1. The molecule has 14 heteroatoms. The van der Waals surface area contributed by atoms with E-state index in [0.29, 0.717) is 24.6 Å². The number of sulfone groups is 1. The minimum Gasteiger partial charge on any atom is -0.475 e. The van der Waals surface area contributed by atoms with Gasteiger partial charge in [0.05, 0.1) is 28.9 Å². The summed E-state index contributed by atoms with van der Waals surface area (Å²) >= 11 is 0. The molecule has 0 radical (unpaired) electrons. The van der Waals surface area contributed by atoms with Crippen molar-refractivity contribution in [3.05, 3.63) is 47.5 Å². The number of nitrogens with zero attached hydrogens (tertiary/aromatic N) is 4. The molecule has 0 bridgehead atoms. The van der Waals surface area contributed by atoms with Crippen LogP contribution in [-0.4, -0.2) is 69.8 Å². The molecule has 1 fully saturated rings. The molecule has 2 aliphatic rings. The third-order valence-corrected chi connectivity index (χ3v) is 7.77. The van der Waals surface area contributed by atoms with Crippen LogP contribution in [0, 0.1) is 5.41 Å². The largest absolute Gasteiger partial charge is 0.490 e. The van der Waals surface area contributed by atoms with Gasteiger partial charge in [0.2, 0.25) is 11.9 Å². The molecule has 2 N–H and O–H groups in total. The maximum absolute atomic E-state index is 12.8. The minimum atomic E-state index is -5.08. The predicted molar refractivity (Wildman–Crippen MR) is 122 cm³/mol. The first kappa shape index (κ1) is 27.3. The van der Waals surface area contributed by atoms with Crippen LogP contribution < -0.4 is 5.32 Å². The van der Waals surface area contributed by atoms with Crippen molar-refractivity contribution in [2.45, 2.75) is 50.4 Å². The molecule has 1 amide bonds. The molecule has 196 valence electrons. The monoisotopic (exact) mass is 529 g/mol. The Labute approximate surface area is 205 Å². The fraction of sp³-hybridized carbons (Fsp3) is 0.500. The van der Waals surface area contributed by atoms with E-state index in [-0.39, 0.29) is 24.1 Å². The second-order valence-electron chi connectivity index (χ2n) is 9.49. The molecule has 0 aliphatic carbocycles. The van der Waals surface area contributed by atoms with Crippen molar-refractivity contribution in [2.75, 3.05) is 18.4 Å². The normalized spacial score (nSPS) is 20.4. The van der Waals surface area contributed by atoms with Crippen LogP contribution in [0.3, 0.4) is 0 Å². The lowest BCUT2D eigenvalue weighted by molar-refractivity contribution is -0.192. The summed E-state index contributed by atoms with van der Waals surface area (Å²) in [6.45, 7) is 6.61. The maximum atomic E-state index is 12.8. The number of nitrogens with one attached hydrogen (secondary N) is 1. The van der Waals surface area contributed by atoms with E-state index in [0.717, 1.165) is 11.4 Å². The topological polar surface area (TPSA) is 142 Å². The molecule has 0 aromatic carbocycles. The number of carbonyl (C=O) groups is 2. The third-order valence-electron chi connectivity index (χ3n) is 5.66. The lowest BCUT2D eigenvalue weighted by Gasteiger charge is -2.26. The van der Waals surface area contributed by atoms with Gasteiger partial charge in [-0.05, 0) is 12.1 Å². The first-order valence-electron chi connectivity index (χ1n) is 10.9. The van der Waals surface area contributed by atoms with E-state index in [1.54, 1.807) is 17.3 Å². The molecule has 2 atom stereocenters. The molecular weight excluding hydrogens is 503 g/mol. The number of pyridine rings is 1. The zero-order valence-corrected chi connectivity index (χ0v) is 20.6. The second-order valence-corrected chi connectivity index (χ2v) is 11.7. The van der Waals surface area contributed by atoms with Crippen molar-refractivity contribution in [3.8, 4) is 0 Å². The number of amides is 1.